The third kappa shape index (κ3) is 4.30. The highest BCUT2D eigenvalue weighted by Gasteiger charge is 2.59. The number of ether oxygens (including phenoxy) is 1. The number of halogens is 7. The molecule has 0 aliphatic heterocycles. The predicted molar refractivity (Wildman–Crippen MR) is 52.8 cm³/mol. The van der Waals surface area contributed by atoms with Gasteiger partial charge in [-0.25, -0.2) is 4.79 Å². The number of carbonyl (C=O) groups excluding carboxylic acids is 1. The highest BCUT2D eigenvalue weighted by atomic mass is 35.5. The van der Waals surface area contributed by atoms with E-state index >= 15 is 0 Å². The van der Waals surface area contributed by atoms with E-state index in [-0.39, 0.29) is 5.02 Å². The lowest BCUT2D eigenvalue weighted by atomic mass is 10.2. The quantitative estimate of drug-likeness (QED) is 0.610. The molecule has 0 aliphatic rings. The molecule has 9 heteroatoms. The van der Waals surface area contributed by atoms with Crippen molar-refractivity contribution in [2.24, 2.45) is 0 Å². The fourth-order valence-electron chi connectivity index (χ4n) is 1.08. The van der Waals surface area contributed by atoms with E-state index in [9.17, 15) is 31.1 Å². The van der Waals surface area contributed by atoms with Gasteiger partial charge in [-0.15, -0.1) is 0 Å². The van der Waals surface area contributed by atoms with Crippen molar-refractivity contribution in [3.05, 3.63) is 34.9 Å². The lowest BCUT2D eigenvalue weighted by molar-refractivity contribution is -0.307. The number of esters is 1. The summed E-state index contributed by atoms with van der Waals surface area (Å²) in [7, 11) is 0. The van der Waals surface area contributed by atoms with Crippen LogP contribution < -0.4 is 0 Å². The predicted octanol–water partition coefficient (Wildman–Crippen LogP) is 3.99. The van der Waals surface area contributed by atoms with Gasteiger partial charge in [0.15, 0.2) is 0 Å². The molecule has 0 aromatic heterocycles. The zero-order valence-corrected chi connectivity index (χ0v) is 9.60. The Morgan fingerprint density at radius 2 is 1.42 bits per heavy atom. The van der Waals surface area contributed by atoms with E-state index in [1.165, 1.54) is 0 Å². The fraction of sp³-hybridized carbons (Fsp3) is 0.300. The van der Waals surface area contributed by atoms with Gasteiger partial charge < -0.3 is 4.74 Å². The Kier molecular flexibility index (Phi) is 4.34. The minimum atomic E-state index is -5.74. The van der Waals surface area contributed by atoms with Crippen molar-refractivity contribution < 1.29 is 35.9 Å². The molecule has 0 amide bonds. The van der Waals surface area contributed by atoms with Crippen LogP contribution in [0, 0.1) is 0 Å². The molecular formula is C10H5ClF6O2. The normalized spacial score (nSPS) is 12.6. The van der Waals surface area contributed by atoms with Crippen molar-refractivity contribution in [2.45, 2.75) is 18.5 Å². The molecule has 1 rings (SSSR count). The second-order valence-electron chi connectivity index (χ2n) is 3.38. The Bertz CT molecular complexity index is 437. The van der Waals surface area contributed by atoms with Crippen molar-refractivity contribution in [3.8, 4) is 0 Å². The van der Waals surface area contributed by atoms with Gasteiger partial charge in [-0.05, 0) is 24.3 Å². The van der Waals surface area contributed by atoms with Gasteiger partial charge in [-0.2, -0.15) is 26.3 Å². The summed E-state index contributed by atoms with van der Waals surface area (Å²) < 4.78 is 76.3. The van der Waals surface area contributed by atoms with E-state index in [0.29, 0.717) is 0 Å². The first kappa shape index (κ1) is 15.6. The third-order valence-corrected chi connectivity index (χ3v) is 2.15. The van der Waals surface area contributed by atoms with Crippen LogP contribution in [0.25, 0.3) is 0 Å². The lowest BCUT2D eigenvalue weighted by Gasteiger charge is -2.22. The zero-order valence-electron chi connectivity index (χ0n) is 8.85. The van der Waals surface area contributed by atoms with Crippen LogP contribution in [0.2, 0.25) is 5.02 Å². The molecule has 1 aromatic rings. The number of hydrogen-bond donors (Lipinski definition) is 0. The maximum absolute atomic E-state index is 12.1. The molecule has 0 N–H and O–H groups in total. The monoisotopic (exact) mass is 306 g/mol. The van der Waals surface area contributed by atoms with Crippen LogP contribution in [0.5, 0.6) is 0 Å². The molecule has 0 aliphatic carbocycles. The Hall–Kier alpha value is -1.44. The van der Waals surface area contributed by atoms with Crippen LogP contribution in [0.1, 0.15) is 10.4 Å². The molecule has 0 saturated carbocycles. The molecule has 2 nitrogen and oxygen atoms in total. The molecule has 0 bridgehead atoms. The summed E-state index contributed by atoms with van der Waals surface area (Å²) >= 11 is 5.46. The number of alkyl halides is 6. The first-order valence-corrected chi connectivity index (χ1v) is 4.99. The highest BCUT2D eigenvalue weighted by Crippen LogP contribution is 2.36. The molecule has 0 fully saturated rings. The maximum atomic E-state index is 12.1. The summed E-state index contributed by atoms with van der Waals surface area (Å²) in [6.07, 6.45) is -15.6. The van der Waals surface area contributed by atoms with Gasteiger partial charge in [0.1, 0.15) is 0 Å². The molecule has 0 atom stereocenters. The van der Waals surface area contributed by atoms with Crippen LogP contribution in [0.15, 0.2) is 24.3 Å². The van der Waals surface area contributed by atoms with Crippen LogP contribution in [-0.4, -0.2) is 24.4 Å². The summed E-state index contributed by atoms with van der Waals surface area (Å²) in [4.78, 5) is 11.2. The second-order valence-corrected chi connectivity index (χ2v) is 3.81. The maximum Gasteiger partial charge on any atom is 0.434 e. The number of hydrogen-bond acceptors (Lipinski definition) is 2. The van der Waals surface area contributed by atoms with Gasteiger partial charge in [0.25, 0.3) is 6.10 Å². The lowest BCUT2D eigenvalue weighted by Crippen LogP contribution is -2.45. The molecule has 0 saturated heterocycles. The molecule has 1 aromatic carbocycles. The van der Waals surface area contributed by atoms with Crippen molar-refractivity contribution in [1.82, 2.24) is 0 Å². The smallest absolute Gasteiger partial charge is 0.434 e. The van der Waals surface area contributed by atoms with Crippen molar-refractivity contribution in [2.75, 3.05) is 0 Å². The Morgan fingerprint density at radius 3 is 1.79 bits per heavy atom. The molecular weight excluding hydrogens is 302 g/mol. The van der Waals surface area contributed by atoms with E-state index < -0.39 is 30.0 Å². The van der Waals surface area contributed by atoms with Crippen molar-refractivity contribution in [1.29, 1.82) is 0 Å². The topological polar surface area (TPSA) is 26.3 Å². The number of benzene rings is 1. The average molecular weight is 307 g/mol. The van der Waals surface area contributed by atoms with Gasteiger partial charge in [-0.3, -0.25) is 0 Å². The van der Waals surface area contributed by atoms with Crippen LogP contribution in [-0.2, 0) is 4.74 Å². The molecule has 106 valence electrons. The third-order valence-electron chi connectivity index (χ3n) is 1.90. The Labute approximate surface area is 107 Å². The van der Waals surface area contributed by atoms with Gasteiger partial charge in [-0.1, -0.05) is 11.6 Å². The van der Waals surface area contributed by atoms with Crippen LogP contribution in [0.3, 0.4) is 0 Å². The summed E-state index contributed by atoms with van der Waals surface area (Å²) in [6, 6.07) is 4.17. The van der Waals surface area contributed by atoms with Crippen LogP contribution >= 0.6 is 11.6 Å². The SMILES string of the molecule is O=C(OC(C(F)(F)F)C(F)(F)F)c1ccc(Cl)cc1. The summed E-state index contributed by atoms with van der Waals surface area (Å²) in [6.45, 7) is 0. The first-order chi connectivity index (χ1) is 8.51. The molecule has 0 unspecified atom stereocenters. The van der Waals surface area contributed by atoms with Crippen molar-refractivity contribution >= 4 is 17.6 Å². The Morgan fingerprint density at radius 1 is 1.00 bits per heavy atom. The van der Waals surface area contributed by atoms with Gasteiger partial charge >= 0.3 is 18.3 Å². The van der Waals surface area contributed by atoms with Crippen LogP contribution in [0.4, 0.5) is 26.3 Å². The number of carbonyl (C=O) groups is 1. The van der Waals surface area contributed by atoms with Crippen molar-refractivity contribution in [3.63, 3.8) is 0 Å². The minimum absolute atomic E-state index is 0.166. The van der Waals surface area contributed by atoms with Gasteiger partial charge in [0, 0.05) is 5.02 Å². The summed E-state index contributed by atoms with van der Waals surface area (Å²) in [5.74, 6) is -1.74. The molecule has 0 spiro atoms. The molecule has 0 radical (unpaired) electrons. The molecule has 0 heterocycles. The largest absolute Gasteiger partial charge is 0.439 e. The van der Waals surface area contributed by atoms with E-state index in [4.69, 9.17) is 11.6 Å². The van der Waals surface area contributed by atoms with Gasteiger partial charge in [0.05, 0.1) is 5.56 Å². The highest BCUT2D eigenvalue weighted by molar-refractivity contribution is 6.30. The summed E-state index contributed by atoms with van der Waals surface area (Å²) in [5.41, 5.74) is -0.470. The van der Waals surface area contributed by atoms with E-state index in [2.05, 4.69) is 4.74 Å². The first-order valence-electron chi connectivity index (χ1n) is 4.62. The number of rotatable bonds is 2. The Balaban J connectivity index is 2.92. The summed E-state index contributed by atoms with van der Waals surface area (Å²) in [5, 5.41) is 0.166. The fourth-order valence-corrected chi connectivity index (χ4v) is 1.21. The minimum Gasteiger partial charge on any atom is -0.439 e. The average Bonchev–Trinajstić information content (AvgIpc) is 2.23. The van der Waals surface area contributed by atoms with E-state index in [1.807, 2.05) is 0 Å². The standard InChI is InChI=1S/C10H5ClF6O2/c11-6-3-1-5(2-4-6)7(18)19-8(9(12,13)14)10(15,16)17/h1-4,8H. The van der Waals surface area contributed by atoms with E-state index in [1.54, 1.807) is 0 Å². The molecule has 19 heavy (non-hydrogen) atoms. The van der Waals surface area contributed by atoms with Gasteiger partial charge in [0.2, 0.25) is 0 Å². The zero-order chi connectivity index (χ0) is 14.8. The second kappa shape index (κ2) is 5.28. The van der Waals surface area contributed by atoms with E-state index in [0.717, 1.165) is 24.3 Å².